The molecule has 2 aromatic rings. The number of rotatable bonds is 4. The van der Waals surface area contributed by atoms with E-state index in [1.807, 2.05) is 12.1 Å². The molecule has 104 valence electrons. The van der Waals surface area contributed by atoms with Gasteiger partial charge in [-0.2, -0.15) is 0 Å². The molecule has 2 aromatic carbocycles. The highest BCUT2D eigenvalue weighted by Gasteiger charge is 2.14. The Morgan fingerprint density at radius 2 is 1.75 bits per heavy atom. The molecule has 20 heavy (non-hydrogen) atoms. The number of oxime groups is 1. The summed E-state index contributed by atoms with van der Waals surface area (Å²) in [6.45, 7) is 0. The smallest absolute Gasteiger partial charge is 0.175 e. The zero-order valence-electron chi connectivity index (χ0n) is 10.7. The van der Waals surface area contributed by atoms with Gasteiger partial charge in [-0.1, -0.05) is 23.4 Å². The van der Waals surface area contributed by atoms with Gasteiger partial charge in [0.2, 0.25) is 0 Å². The third-order valence-corrected chi connectivity index (χ3v) is 3.29. The predicted molar refractivity (Wildman–Crippen MR) is 79.7 cm³/mol. The van der Waals surface area contributed by atoms with Crippen molar-refractivity contribution in [1.82, 2.24) is 0 Å². The van der Waals surface area contributed by atoms with Crippen molar-refractivity contribution in [1.29, 1.82) is 0 Å². The quantitative estimate of drug-likeness (QED) is 0.388. The van der Waals surface area contributed by atoms with Crippen LogP contribution in [0.25, 0.3) is 0 Å². The molecule has 6 heteroatoms. The predicted octanol–water partition coefficient (Wildman–Crippen LogP) is 3.34. The highest BCUT2D eigenvalue weighted by atomic mass is 79.9. The summed E-state index contributed by atoms with van der Waals surface area (Å²) in [4.78, 5) is 0. The van der Waals surface area contributed by atoms with Gasteiger partial charge in [0.1, 0.15) is 5.75 Å². The van der Waals surface area contributed by atoms with Crippen molar-refractivity contribution in [3.8, 4) is 17.2 Å². The fourth-order valence-electron chi connectivity index (χ4n) is 1.71. The maximum absolute atomic E-state index is 8.87. The van der Waals surface area contributed by atoms with Gasteiger partial charge >= 0.3 is 0 Å². The van der Waals surface area contributed by atoms with Gasteiger partial charge < -0.3 is 20.4 Å². The standard InChI is InChI=1S/C14H13BrN2O3/c1-19-10-6-2-3-7-11(10)20-12-8-4-5-9(15)13(12)14(16)17-18/h2-8,18H,1H3,(H2,16,17). The van der Waals surface area contributed by atoms with Gasteiger partial charge in [0.25, 0.3) is 0 Å². The molecule has 0 amide bonds. The van der Waals surface area contributed by atoms with E-state index in [4.69, 9.17) is 20.4 Å². The van der Waals surface area contributed by atoms with Gasteiger partial charge in [-0.05, 0) is 40.2 Å². The van der Waals surface area contributed by atoms with Crippen LogP contribution in [0.5, 0.6) is 17.2 Å². The Morgan fingerprint density at radius 1 is 1.10 bits per heavy atom. The number of amidine groups is 1. The second-order valence-electron chi connectivity index (χ2n) is 3.85. The van der Waals surface area contributed by atoms with Crippen molar-refractivity contribution in [2.75, 3.05) is 7.11 Å². The van der Waals surface area contributed by atoms with Gasteiger partial charge in [-0.25, -0.2) is 0 Å². The Morgan fingerprint density at radius 3 is 2.40 bits per heavy atom. The van der Waals surface area contributed by atoms with Crippen LogP contribution in [0, 0.1) is 0 Å². The number of ether oxygens (including phenoxy) is 2. The molecular formula is C14H13BrN2O3. The maximum Gasteiger partial charge on any atom is 0.175 e. The largest absolute Gasteiger partial charge is 0.493 e. The summed E-state index contributed by atoms with van der Waals surface area (Å²) in [5, 5.41) is 11.9. The number of halogens is 1. The van der Waals surface area contributed by atoms with E-state index < -0.39 is 0 Å². The summed E-state index contributed by atoms with van der Waals surface area (Å²) in [5.74, 6) is 1.56. The Hall–Kier alpha value is -2.21. The van der Waals surface area contributed by atoms with Crippen molar-refractivity contribution in [3.63, 3.8) is 0 Å². The molecule has 0 atom stereocenters. The summed E-state index contributed by atoms with van der Waals surface area (Å²) in [6, 6.07) is 12.5. The van der Waals surface area contributed by atoms with Crippen molar-refractivity contribution in [2.24, 2.45) is 10.9 Å². The fourth-order valence-corrected chi connectivity index (χ4v) is 2.26. The minimum absolute atomic E-state index is 0.0395. The van der Waals surface area contributed by atoms with Crippen LogP contribution >= 0.6 is 15.9 Å². The maximum atomic E-state index is 8.87. The van der Waals surface area contributed by atoms with E-state index in [1.165, 1.54) is 0 Å². The number of hydrogen-bond donors (Lipinski definition) is 2. The summed E-state index contributed by atoms with van der Waals surface area (Å²) in [6.07, 6.45) is 0. The average molecular weight is 337 g/mol. The van der Waals surface area contributed by atoms with Gasteiger partial charge in [-0.3, -0.25) is 0 Å². The lowest BCUT2D eigenvalue weighted by atomic mass is 10.2. The highest BCUT2D eigenvalue weighted by Crippen LogP contribution is 2.35. The van der Waals surface area contributed by atoms with Crippen LogP contribution in [0.15, 0.2) is 52.1 Å². The van der Waals surface area contributed by atoms with E-state index >= 15 is 0 Å². The molecule has 2 rings (SSSR count). The van der Waals surface area contributed by atoms with Crippen LogP contribution < -0.4 is 15.2 Å². The molecule has 0 aromatic heterocycles. The summed E-state index contributed by atoms with van der Waals surface area (Å²) in [5.41, 5.74) is 6.15. The van der Waals surface area contributed by atoms with Gasteiger partial charge in [-0.15, -0.1) is 0 Å². The van der Waals surface area contributed by atoms with E-state index in [2.05, 4.69) is 21.1 Å². The first-order chi connectivity index (χ1) is 9.67. The van der Waals surface area contributed by atoms with Crippen LogP contribution in [0.1, 0.15) is 5.56 Å². The minimum atomic E-state index is -0.0395. The van der Waals surface area contributed by atoms with E-state index in [9.17, 15) is 0 Å². The number of benzene rings is 2. The third kappa shape index (κ3) is 2.85. The molecule has 3 N–H and O–H groups in total. The molecule has 0 saturated heterocycles. The normalized spacial score (nSPS) is 11.2. The van der Waals surface area contributed by atoms with Crippen LogP contribution in [-0.2, 0) is 0 Å². The Labute approximate surface area is 124 Å². The Bertz CT molecular complexity index is 644. The molecule has 0 radical (unpaired) electrons. The summed E-state index contributed by atoms with van der Waals surface area (Å²) in [7, 11) is 1.56. The topological polar surface area (TPSA) is 77.1 Å². The van der Waals surface area contributed by atoms with Crippen LogP contribution in [0.2, 0.25) is 0 Å². The second-order valence-corrected chi connectivity index (χ2v) is 4.71. The summed E-state index contributed by atoms with van der Waals surface area (Å²) < 4.78 is 11.7. The first kappa shape index (κ1) is 14.2. The van der Waals surface area contributed by atoms with E-state index in [-0.39, 0.29) is 5.84 Å². The lowest BCUT2D eigenvalue weighted by molar-refractivity contribution is 0.318. The SMILES string of the molecule is COc1ccccc1Oc1cccc(Br)c1/C(N)=N/O. The average Bonchev–Trinajstić information content (AvgIpc) is 2.47. The van der Waals surface area contributed by atoms with Crippen molar-refractivity contribution < 1.29 is 14.7 Å². The van der Waals surface area contributed by atoms with Crippen LogP contribution in [0.4, 0.5) is 0 Å². The van der Waals surface area contributed by atoms with Crippen molar-refractivity contribution in [3.05, 3.63) is 52.5 Å². The Kier molecular flexibility index (Phi) is 4.47. The zero-order chi connectivity index (χ0) is 14.5. The molecular weight excluding hydrogens is 324 g/mol. The Balaban J connectivity index is 2.46. The molecule has 0 unspecified atom stereocenters. The lowest BCUT2D eigenvalue weighted by Gasteiger charge is -2.13. The number of para-hydroxylation sites is 2. The first-order valence-electron chi connectivity index (χ1n) is 5.74. The highest BCUT2D eigenvalue weighted by molar-refractivity contribution is 9.10. The van der Waals surface area contributed by atoms with E-state index in [0.717, 1.165) is 0 Å². The molecule has 0 aliphatic heterocycles. The minimum Gasteiger partial charge on any atom is -0.493 e. The molecule has 0 fully saturated rings. The second kappa shape index (κ2) is 6.29. The van der Waals surface area contributed by atoms with E-state index in [1.54, 1.807) is 37.4 Å². The molecule has 0 aliphatic carbocycles. The molecule has 5 nitrogen and oxygen atoms in total. The lowest BCUT2D eigenvalue weighted by Crippen LogP contribution is -2.15. The van der Waals surface area contributed by atoms with Gasteiger partial charge in [0.15, 0.2) is 17.3 Å². The first-order valence-corrected chi connectivity index (χ1v) is 6.54. The molecule has 0 heterocycles. The molecule has 0 saturated carbocycles. The van der Waals surface area contributed by atoms with Crippen molar-refractivity contribution >= 4 is 21.8 Å². The molecule has 0 bridgehead atoms. The van der Waals surface area contributed by atoms with Crippen LogP contribution in [0.3, 0.4) is 0 Å². The number of nitrogens with two attached hydrogens (primary N) is 1. The van der Waals surface area contributed by atoms with Crippen LogP contribution in [-0.4, -0.2) is 18.2 Å². The summed E-state index contributed by atoms with van der Waals surface area (Å²) >= 11 is 3.35. The van der Waals surface area contributed by atoms with E-state index in [0.29, 0.717) is 27.3 Å². The fraction of sp³-hybridized carbons (Fsp3) is 0.0714. The third-order valence-electron chi connectivity index (χ3n) is 2.63. The van der Waals surface area contributed by atoms with Crippen molar-refractivity contribution in [2.45, 2.75) is 0 Å². The number of nitrogens with zero attached hydrogens (tertiary/aromatic N) is 1. The zero-order valence-corrected chi connectivity index (χ0v) is 12.3. The van der Waals surface area contributed by atoms with Gasteiger partial charge in [0, 0.05) is 4.47 Å². The molecule has 0 spiro atoms. The van der Waals surface area contributed by atoms with Gasteiger partial charge in [0.05, 0.1) is 12.7 Å². The number of hydrogen-bond acceptors (Lipinski definition) is 4. The molecule has 0 aliphatic rings. The number of methoxy groups -OCH3 is 1. The monoisotopic (exact) mass is 336 g/mol.